The van der Waals surface area contributed by atoms with E-state index in [1.165, 1.54) is 167 Å². The quantitative estimate of drug-likeness (QED) is 0.0228. The zero-order valence-electron chi connectivity index (χ0n) is 53.5. The summed E-state index contributed by atoms with van der Waals surface area (Å²) in [6.07, 6.45) is 60.6. The zero-order chi connectivity index (χ0) is 60.3. The van der Waals surface area contributed by atoms with Crippen LogP contribution in [0.1, 0.15) is 329 Å². The lowest BCUT2D eigenvalue weighted by Gasteiger charge is -2.40. The third-order valence-electron chi connectivity index (χ3n) is 15.9. The lowest BCUT2D eigenvalue weighted by molar-refractivity contribution is -0.301. The average molecular weight is 1170 g/mol. The molecule has 0 saturated carbocycles. The van der Waals surface area contributed by atoms with Gasteiger partial charge in [-0.2, -0.15) is 0 Å². The topological polar surface area (TPSA) is 175 Å². The van der Waals surface area contributed by atoms with Crippen LogP contribution in [0.25, 0.3) is 0 Å². The van der Waals surface area contributed by atoms with Crippen molar-refractivity contribution in [3.63, 3.8) is 0 Å². The molecule has 0 aliphatic carbocycles. The van der Waals surface area contributed by atoms with Crippen LogP contribution < -0.4 is 0 Å². The van der Waals surface area contributed by atoms with Gasteiger partial charge in [0.1, 0.15) is 18.8 Å². The summed E-state index contributed by atoms with van der Waals surface area (Å²) < 4.78 is 28.6. The highest BCUT2D eigenvalue weighted by Gasteiger charge is 2.50. The number of carboxylic acid groups (broad SMARTS) is 1. The first-order valence-corrected chi connectivity index (χ1v) is 34.6. The molecule has 482 valence electrons. The van der Waals surface area contributed by atoms with Crippen molar-refractivity contribution in [2.75, 3.05) is 13.2 Å². The Morgan fingerprint density at radius 1 is 0.398 bits per heavy atom. The van der Waals surface area contributed by atoms with Gasteiger partial charge in [0.2, 0.25) is 0 Å². The predicted octanol–water partition coefficient (Wildman–Crippen LogP) is 18.9. The van der Waals surface area contributed by atoms with E-state index in [9.17, 15) is 34.5 Å². The average Bonchev–Trinajstić information content (AvgIpc) is 3.59. The summed E-state index contributed by atoms with van der Waals surface area (Å²) in [4.78, 5) is 51.4. The van der Waals surface area contributed by atoms with E-state index < -0.39 is 67.3 Å². The maximum atomic E-state index is 13.2. The second-order valence-corrected chi connectivity index (χ2v) is 23.8. The molecule has 1 heterocycles. The lowest BCUT2D eigenvalue weighted by atomic mass is 9.98. The minimum atomic E-state index is -1.91. The van der Waals surface area contributed by atoms with E-state index in [-0.39, 0.29) is 25.9 Å². The second kappa shape index (κ2) is 59.0. The number of carbonyl (C=O) groups excluding carboxylic acids is 3. The van der Waals surface area contributed by atoms with Crippen LogP contribution in [-0.4, -0.2) is 89.2 Å². The van der Waals surface area contributed by atoms with Crippen LogP contribution in [0.4, 0.5) is 0 Å². The van der Waals surface area contributed by atoms with E-state index in [1.54, 1.807) is 0 Å². The monoisotopic (exact) mass is 1170 g/mol. The summed E-state index contributed by atoms with van der Waals surface area (Å²) in [5.41, 5.74) is 0. The molecule has 3 N–H and O–H groups in total. The van der Waals surface area contributed by atoms with E-state index >= 15 is 0 Å². The van der Waals surface area contributed by atoms with E-state index in [2.05, 4.69) is 69.4 Å². The maximum Gasteiger partial charge on any atom is 0.335 e. The molecular weight excluding hydrogens is 1040 g/mol. The van der Waals surface area contributed by atoms with E-state index in [0.717, 1.165) is 103 Å². The van der Waals surface area contributed by atoms with Crippen molar-refractivity contribution in [3.05, 3.63) is 48.6 Å². The molecule has 0 aromatic heterocycles. The SMILES string of the molecule is CCCCC/C=C\C/C=C\C/C=C\CCCCCCCCC(=O)OCC(COC1OC(C(=O)O)C(O)C(O)C1OC(=O)CCCCCCCCC/C=C\CCCCCCCC)OC(=O)CCCCCCCCCCCCCCCCCCC. The standard InChI is InChI=1S/C71H126O12/c1-4-7-10-13-16-19-22-25-28-31-32-35-36-39-42-45-48-51-54-57-63(72)79-60-62(81-64(73)58-55-52-49-46-43-40-37-33-29-26-23-20-17-14-11-8-5-2)61-80-71-69(67(76)66(75)68(83-71)70(77)78)82-65(74)59-56-53-50-47-44-41-38-34-30-27-24-21-18-15-12-9-6-3/h16,19,25,27-28,30,32,35,62,66-69,71,75-76H,4-15,17-18,20-24,26,29,31,33-34,36-61H2,1-3H3,(H,77,78)/b19-16-,28-25-,30-27-,35-32-. The maximum absolute atomic E-state index is 13.2. The van der Waals surface area contributed by atoms with Gasteiger partial charge >= 0.3 is 23.9 Å². The number of carboxylic acids is 1. The number of unbranched alkanes of at least 4 members (excludes halogenated alkanes) is 38. The number of aliphatic hydroxyl groups excluding tert-OH is 2. The summed E-state index contributed by atoms with van der Waals surface area (Å²) in [5, 5.41) is 31.6. The van der Waals surface area contributed by atoms with E-state index in [0.29, 0.717) is 19.3 Å². The third kappa shape index (κ3) is 48.5. The number of esters is 3. The molecule has 6 unspecified atom stereocenters. The highest BCUT2D eigenvalue weighted by atomic mass is 16.7. The fourth-order valence-corrected chi connectivity index (χ4v) is 10.5. The lowest BCUT2D eigenvalue weighted by Crippen LogP contribution is -2.61. The predicted molar refractivity (Wildman–Crippen MR) is 340 cm³/mol. The van der Waals surface area contributed by atoms with Crippen molar-refractivity contribution in [2.24, 2.45) is 0 Å². The number of carbonyl (C=O) groups is 4. The highest BCUT2D eigenvalue weighted by molar-refractivity contribution is 5.74. The number of hydrogen-bond acceptors (Lipinski definition) is 11. The Morgan fingerprint density at radius 3 is 1.13 bits per heavy atom. The first-order chi connectivity index (χ1) is 40.6. The molecule has 1 fully saturated rings. The van der Waals surface area contributed by atoms with Crippen LogP contribution in [0.5, 0.6) is 0 Å². The van der Waals surface area contributed by atoms with Gasteiger partial charge < -0.3 is 39.0 Å². The Hall–Kier alpha value is -3.32. The summed E-state index contributed by atoms with van der Waals surface area (Å²) in [6, 6.07) is 0. The molecule has 0 bridgehead atoms. The van der Waals surface area contributed by atoms with Gasteiger partial charge in [-0.3, -0.25) is 14.4 Å². The number of rotatable bonds is 60. The molecule has 1 aliphatic rings. The third-order valence-corrected chi connectivity index (χ3v) is 15.9. The van der Waals surface area contributed by atoms with Gasteiger partial charge in [-0.05, 0) is 83.5 Å². The number of aliphatic hydroxyl groups is 2. The van der Waals surface area contributed by atoms with Crippen molar-refractivity contribution in [3.8, 4) is 0 Å². The zero-order valence-corrected chi connectivity index (χ0v) is 53.5. The first kappa shape index (κ1) is 77.7. The molecule has 1 saturated heterocycles. The molecule has 83 heavy (non-hydrogen) atoms. The molecule has 0 spiro atoms. The molecule has 0 aromatic rings. The van der Waals surface area contributed by atoms with Crippen molar-refractivity contribution < 1.29 is 58.2 Å². The molecule has 6 atom stereocenters. The van der Waals surface area contributed by atoms with E-state index in [4.69, 9.17) is 23.7 Å². The van der Waals surface area contributed by atoms with Gasteiger partial charge in [-0.15, -0.1) is 0 Å². The number of ether oxygens (including phenoxy) is 5. The minimum Gasteiger partial charge on any atom is -0.479 e. The van der Waals surface area contributed by atoms with Gasteiger partial charge in [0, 0.05) is 19.3 Å². The molecule has 1 aliphatic heterocycles. The molecule has 12 heteroatoms. The van der Waals surface area contributed by atoms with E-state index in [1.807, 2.05) is 0 Å². The summed E-state index contributed by atoms with van der Waals surface area (Å²) in [5.74, 6) is -3.11. The Balaban J connectivity index is 2.64. The Kier molecular flexibility index (Phi) is 55.3. The van der Waals surface area contributed by atoms with Gasteiger partial charge in [0.05, 0.1) is 6.61 Å². The smallest absolute Gasteiger partial charge is 0.335 e. The molecule has 1 rings (SSSR count). The van der Waals surface area contributed by atoms with Gasteiger partial charge in [-0.25, -0.2) is 4.79 Å². The number of hydrogen-bond donors (Lipinski definition) is 3. The fraction of sp³-hybridized carbons (Fsp3) is 0.831. The normalized spacial score (nSPS) is 17.8. The molecule has 0 amide bonds. The van der Waals surface area contributed by atoms with Gasteiger partial charge in [0.15, 0.2) is 24.6 Å². The second-order valence-electron chi connectivity index (χ2n) is 23.8. The molecule has 12 nitrogen and oxygen atoms in total. The van der Waals surface area contributed by atoms with Gasteiger partial charge in [0.25, 0.3) is 0 Å². The van der Waals surface area contributed by atoms with Crippen LogP contribution >= 0.6 is 0 Å². The van der Waals surface area contributed by atoms with Crippen LogP contribution in [0, 0.1) is 0 Å². The minimum absolute atomic E-state index is 0.0568. The van der Waals surface area contributed by atoms with Crippen LogP contribution in [-0.2, 0) is 42.9 Å². The van der Waals surface area contributed by atoms with Crippen LogP contribution in [0.15, 0.2) is 48.6 Å². The summed E-state index contributed by atoms with van der Waals surface area (Å²) in [6.45, 7) is 6.01. The molecular formula is C71H126O12. The Labute approximate surface area is 507 Å². The van der Waals surface area contributed by atoms with Crippen molar-refractivity contribution in [1.29, 1.82) is 0 Å². The van der Waals surface area contributed by atoms with Crippen LogP contribution in [0.3, 0.4) is 0 Å². The van der Waals surface area contributed by atoms with Crippen LogP contribution in [0.2, 0.25) is 0 Å². The first-order valence-electron chi connectivity index (χ1n) is 34.6. The molecule has 0 aromatic carbocycles. The number of allylic oxidation sites excluding steroid dienone is 8. The summed E-state index contributed by atoms with van der Waals surface area (Å²) in [7, 11) is 0. The Morgan fingerprint density at radius 2 is 0.723 bits per heavy atom. The van der Waals surface area contributed by atoms with Crippen molar-refractivity contribution in [2.45, 2.75) is 366 Å². The summed E-state index contributed by atoms with van der Waals surface area (Å²) >= 11 is 0. The fourth-order valence-electron chi connectivity index (χ4n) is 10.5. The molecule has 0 radical (unpaired) electrons. The van der Waals surface area contributed by atoms with Crippen molar-refractivity contribution >= 4 is 23.9 Å². The number of aliphatic carboxylic acids is 1. The Bertz CT molecular complexity index is 1630. The van der Waals surface area contributed by atoms with Crippen molar-refractivity contribution in [1.82, 2.24) is 0 Å². The van der Waals surface area contributed by atoms with Gasteiger partial charge in [-0.1, -0.05) is 275 Å². The highest BCUT2D eigenvalue weighted by Crippen LogP contribution is 2.27. The largest absolute Gasteiger partial charge is 0.479 e.